The number of likely N-dealkylation sites (N-methyl/N-ethyl adjacent to an activating group) is 1. The van der Waals surface area contributed by atoms with Crippen LogP contribution in [-0.4, -0.2) is 22.9 Å². The number of aryl methyl sites for hydroxylation is 1. The minimum atomic E-state index is 0.513. The molecule has 1 heterocycles. The van der Waals surface area contributed by atoms with Gasteiger partial charge in [-0.05, 0) is 26.0 Å². The van der Waals surface area contributed by atoms with Crippen LogP contribution in [0.1, 0.15) is 26.0 Å². The van der Waals surface area contributed by atoms with E-state index in [2.05, 4.69) is 35.9 Å². The Balaban J connectivity index is 2.61. The van der Waals surface area contributed by atoms with Gasteiger partial charge in [-0.25, -0.2) is 0 Å². The number of aromatic nitrogens is 2. The van der Waals surface area contributed by atoms with E-state index >= 15 is 0 Å². The number of hydrogen-bond donors (Lipinski definition) is 1. The fourth-order valence-electron chi connectivity index (χ4n) is 1.62. The van der Waals surface area contributed by atoms with Gasteiger partial charge in [-0.2, -0.15) is 5.10 Å². The first-order chi connectivity index (χ1) is 6.69. The molecule has 2 atom stereocenters. The van der Waals surface area contributed by atoms with Gasteiger partial charge in [0, 0.05) is 17.9 Å². The molecule has 0 aliphatic heterocycles. The summed E-state index contributed by atoms with van der Waals surface area (Å²) in [4.78, 5) is 0. The lowest BCUT2D eigenvalue weighted by atomic mass is 9.99. The Bertz CT molecular complexity index is 267. The van der Waals surface area contributed by atoms with Crippen molar-refractivity contribution < 1.29 is 0 Å². The molecule has 14 heavy (non-hydrogen) atoms. The highest BCUT2D eigenvalue weighted by Gasteiger charge is 2.14. The van der Waals surface area contributed by atoms with Gasteiger partial charge < -0.3 is 5.32 Å². The topological polar surface area (TPSA) is 29.9 Å². The summed E-state index contributed by atoms with van der Waals surface area (Å²) in [5, 5.41) is 7.65. The van der Waals surface area contributed by atoms with E-state index in [1.807, 2.05) is 19.3 Å². The van der Waals surface area contributed by atoms with E-state index in [-0.39, 0.29) is 0 Å². The second-order valence-electron chi connectivity index (χ2n) is 3.94. The molecule has 0 radical (unpaired) electrons. The summed E-state index contributed by atoms with van der Waals surface area (Å²) in [5.41, 5.74) is 1.23. The summed E-state index contributed by atoms with van der Waals surface area (Å²) in [6.07, 6.45) is 3.06. The molecular weight excluding hydrogens is 174 g/mol. The van der Waals surface area contributed by atoms with Crippen molar-refractivity contribution in [2.75, 3.05) is 7.05 Å². The van der Waals surface area contributed by atoms with Crippen LogP contribution >= 0.6 is 0 Å². The molecule has 0 spiro atoms. The maximum atomic E-state index is 4.30. The van der Waals surface area contributed by atoms with Crippen molar-refractivity contribution in [1.82, 2.24) is 15.1 Å². The van der Waals surface area contributed by atoms with Gasteiger partial charge in [-0.3, -0.25) is 4.68 Å². The highest BCUT2D eigenvalue weighted by atomic mass is 15.3. The minimum Gasteiger partial charge on any atom is -0.315 e. The van der Waals surface area contributed by atoms with E-state index in [9.17, 15) is 0 Å². The average Bonchev–Trinajstić information content (AvgIpc) is 2.59. The van der Waals surface area contributed by atoms with Crippen LogP contribution in [0.5, 0.6) is 0 Å². The van der Waals surface area contributed by atoms with Crippen LogP contribution in [0.3, 0.4) is 0 Å². The number of rotatable bonds is 5. The molecule has 1 rings (SSSR count). The normalized spacial score (nSPS) is 15.4. The van der Waals surface area contributed by atoms with Crippen LogP contribution in [0.4, 0.5) is 0 Å². The molecule has 0 fully saturated rings. The Morgan fingerprint density at radius 3 is 2.71 bits per heavy atom. The Labute approximate surface area is 86.5 Å². The fourth-order valence-corrected chi connectivity index (χ4v) is 1.62. The van der Waals surface area contributed by atoms with Crippen LogP contribution < -0.4 is 5.32 Å². The summed E-state index contributed by atoms with van der Waals surface area (Å²) < 4.78 is 2.06. The molecule has 0 amide bonds. The third-order valence-electron chi connectivity index (χ3n) is 3.00. The summed E-state index contributed by atoms with van der Waals surface area (Å²) in [7, 11) is 2.02. The molecule has 1 aromatic heterocycles. The van der Waals surface area contributed by atoms with Gasteiger partial charge in [0.05, 0.1) is 6.54 Å². The highest BCUT2D eigenvalue weighted by Crippen LogP contribution is 2.10. The first kappa shape index (κ1) is 11.2. The molecular formula is C11H21N3. The van der Waals surface area contributed by atoms with Crippen molar-refractivity contribution >= 4 is 0 Å². The molecule has 0 aromatic carbocycles. The van der Waals surface area contributed by atoms with E-state index < -0.39 is 0 Å². The molecule has 0 saturated heterocycles. The van der Waals surface area contributed by atoms with Gasteiger partial charge in [-0.1, -0.05) is 20.3 Å². The van der Waals surface area contributed by atoms with Crippen molar-refractivity contribution in [3.63, 3.8) is 0 Å². The first-order valence-electron chi connectivity index (χ1n) is 5.34. The number of nitrogens with zero attached hydrogens (tertiary/aromatic N) is 2. The van der Waals surface area contributed by atoms with Gasteiger partial charge in [0.2, 0.25) is 0 Å². The molecule has 0 bridgehead atoms. The molecule has 0 aliphatic rings. The quantitative estimate of drug-likeness (QED) is 0.776. The van der Waals surface area contributed by atoms with Crippen molar-refractivity contribution in [3.05, 3.63) is 18.0 Å². The summed E-state index contributed by atoms with van der Waals surface area (Å²) >= 11 is 0. The molecule has 1 N–H and O–H groups in total. The van der Waals surface area contributed by atoms with Crippen molar-refractivity contribution in [3.8, 4) is 0 Å². The van der Waals surface area contributed by atoms with Gasteiger partial charge in [0.15, 0.2) is 0 Å². The van der Waals surface area contributed by atoms with Crippen molar-refractivity contribution in [2.24, 2.45) is 5.92 Å². The van der Waals surface area contributed by atoms with Crippen LogP contribution in [0.2, 0.25) is 0 Å². The molecule has 3 heteroatoms. The van der Waals surface area contributed by atoms with E-state index in [0.29, 0.717) is 12.0 Å². The maximum absolute atomic E-state index is 4.30. The lowest BCUT2D eigenvalue weighted by Gasteiger charge is -2.22. The largest absolute Gasteiger partial charge is 0.315 e. The van der Waals surface area contributed by atoms with Gasteiger partial charge in [-0.15, -0.1) is 0 Å². The molecule has 1 aromatic rings. The number of nitrogens with one attached hydrogen (secondary N) is 1. The Kier molecular flexibility index (Phi) is 4.14. The fraction of sp³-hybridized carbons (Fsp3) is 0.727. The second kappa shape index (κ2) is 5.15. The molecule has 80 valence electrons. The monoisotopic (exact) mass is 195 g/mol. The molecule has 0 saturated carbocycles. The Hall–Kier alpha value is -0.830. The molecule has 3 nitrogen and oxygen atoms in total. The van der Waals surface area contributed by atoms with Crippen LogP contribution in [0.15, 0.2) is 12.3 Å². The lowest BCUT2D eigenvalue weighted by molar-refractivity contribution is 0.333. The van der Waals surface area contributed by atoms with Crippen LogP contribution in [-0.2, 0) is 6.54 Å². The zero-order chi connectivity index (χ0) is 10.6. The van der Waals surface area contributed by atoms with Gasteiger partial charge in [0.25, 0.3) is 0 Å². The maximum Gasteiger partial charge on any atom is 0.0568 e. The zero-order valence-electron chi connectivity index (χ0n) is 9.62. The second-order valence-corrected chi connectivity index (χ2v) is 3.94. The van der Waals surface area contributed by atoms with Crippen molar-refractivity contribution in [1.29, 1.82) is 0 Å². The highest BCUT2D eigenvalue weighted by molar-refractivity contribution is 4.97. The third-order valence-corrected chi connectivity index (χ3v) is 3.00. The standard InChI is InChI=1S/C11H21N3/c1-5-9(2)11(12-4)8-14-10(3)6-7-13-14/h6-7,9,11-12H,5,8H2,1-4H3. The van der Waals surface area contributed by atoms with E-state index in [1.54, 1.807) is 0 Å². The Morgan fingerprint density at radius 2 is 2.29 bits per heavy atom. The van der Waals surface area contributed by atoms with Gasteiger partial charge >= 0.3 is 0 Å². The SMILES string of the molecule is CCC(C)C(Cn1nccc1C)NC. The predicted molar refractivity (Wildman–Crippen MR) is 59.3 cm³/mol. The summed E-state index contributed by atoms with van der Waals surface area (Å²) in [6, 6.07) is 2.56. The zero-order valence-corrected chi connectivity index (χ0v) is 9.62. The smallest absolute Gasteiger partial charge is 0.0568 e. The number of hydrogen-bond acceptors (Lipinski definition) is 2. The third kappa shape index (κ3) is 2.58. The molecule has 2 unspecified atom stereocenters. The van der Waals surface area contributed by atoms with Gasteiger partial charge in [0.1, 0.15) is 0 Å². The minimum absolute atomic E-state index is 0.513. The van der Waals surface area contributed by atoms with E-state index in [4.69, 9.17) is 0 Å². The summed E-state index contributed by atoms with van der Waals surface area (Å²) in [5.74, 6) is 0.684. The van der Waals surface area contributed by atoms with E-state index in [1.165, 1.54) is 12.1 Å². The average molecular weight is 195 g/mol. The van der Waals surface area contributed by atoms with Crippen LogP contribution in [0, 0.1) is 12.8 Å². The lowest BCUT2D eigenvalue weighted by Crippen LogP contribution is -2.36. The van der Waals surface area contributed by atoms with Crippen molar-refractivity contribution in [2.45, 2.75) is 39.8 Å². The predicted octanol–water partition coefficient (Wildman–Crippen LogP) is 1.83. The molecule has 0 aliphatic carbocycles. The van der Waals surface area contributed by atoms with Crippen LogP contribution in [0.25, 0.3) is 0 Å². The van der Waals surface area contributed by atoms with E-state index in [0.717, 1.165) is 6.54 Å². The first-order valence-corrected chi connectivity index (χ1v) is 5.34. The Morgan fingerprint density at radius 1 is 1.57 bits per heavy atom. The summed E-state index contributed by atoms with van der Waals surface area (Å²) in [6.45, 7) is 7.56.